The standard InChI is InChI=1S/C21H16N4O8S2/c26-18(22-17-19(27)23-14(21(28)29)7-9-35-20(17)23)13(16-2-1-8-34-16)6-4-11-3-5-12(24(30)31)10-15(11)25(32)33/h1-8,10,13,17,20H,9H2,(H,22,26)(H,28,29)/b6-4+/t13-,17-,20-/m1/s1. The summed E-state index contributed by atoms with van der Waals surface area (Å²) >= 11 is 2.59. The number of hydrogen-bond acceptors (Lipinski definition) is 9. The summed E-state index contributed by atoms with van der Waals surface area (Å²) in [4.78, 5) is 59.8. The molecule has 2 aromatic rings. The lowest BCUT2D eigenvalue weighted by atomic mass is 10.0. The van der Waals surface area contributed by atoms with Crippen LogP contribution in [0.25, 0.3) is 6.08 Å². The number of thiophene rings is 1. The van der Waals surface area contributed by atoms with Crippen molar-refractivity contribution in [3.05, 3.63) is 84.2 Å². The molecule has 0 radical (unpaired) electrons. The number of thioether (sulfide) groups is 1. The second kappa shape index (κ2) is 9.68. The molecular weight excluding hydrogens is 500 g/mol. The number of amides is 2. The molecule has 14 heteroatoms. The van der Waals surface area contributed by atoms with E-state index in [1.165, 1.54) is 47.4 Å². The molecule has 1 aromatic carbocycles. The number of carboxylic acid groups (broad SMARTS) is 1. The van der Waals surface area contributed by atoms with Crippen LogP contribution in [0, 0.1) is 20.2 Å². The fourth-order valence-corrected chi connectivity index (χ4v) is 5.70. The largest absolute Gasteiger partial charge is 0.477 e. The average molecular weight is 517 g/mol. The smallest absolute Gasteiger partial charge is 0.352 e. The van der Waals surface area contributed by atoms with Gasteiger partial charge in [-0.2, -0.15) is 0 Å². The first-order valence-electron chi connectivity index (χ1n) is 10.0. The van der Waals surface area contributed by atoms with E-state index in [0.717, 1.165) is 17.0 Å². The minimum absolute atomic E-state index is 0.0694. The van der Waals surface area contributed by atoms with Crippen LogP contribution in [0.4, 0.5) is 11.4 Å². The van der Waals surface area contributed by atoms with Crippen LogP contribution in [0.15, 0.2) is 53.6 Å². The van der Waals surface area contributed by atoms with Gasteiger partial charge in [0.15, 0.2) is 0 Å². The Morgan fingerprint density at radius 2 is 2.00 bits per heavy atom. The van der Waals surface area contributed by atoms with Crippen LogP contribution in [0.3, 0.4) is 0 Å². The van der Waals surface area contributed by atoms with E-state index in [4.69, 9.17) is 0 Å². The fraction of sp³-hybridized carbons (Fsp3) is 0.190. The van der Waals surface area contributed by atoms with Crippen molar-refractivity contribution in [2.24, 2.45) is 0 Å². The number of rotatable bonds is 8. The van der Waals surface area contributed by atoms with Gasteiger partial charge in [0, 0.05) is 16.7 Å². The van der Waals surface area contributed by atoms with Crippen molar-refractivity contribution in [1.29, 1.82) is 0 Å². The van der Waals surface area contributed by atoms with Crippen molar-refractivity contribution in [3.8, 4) is 0 Å². The summed E-state index contributed by atoms with van der Waals surface area (Å²) in [5.41, 5.74) is -0.976. The number of hydrogen-bond donors (Lipinski definition) is 2. The van der Waals surface area contributed by atoms with Crippen LogP contribution in [0.1, 0.15) is 16.4 Å². The maximum Gasteiger partial charge on any atom is 0.352 e. The highest BCUT2D eigenvalue weighted by atomic mass is 32.2. The quantitative estimate of drug-likeness (QED) is 0.304. The molecule has 4 rings (SSSR count). The van der Waals surface area contributed by atoms with E-state index < -0.39 is 56.3 Å². The predicted octanol–water partition coefficient (Wildman–Crippen LogP) is 2.73. The first-order chi connectivity index (χ1) is 16.7. The van der Waals surface area contributed by atoms with Gasteiger partial charge in [-0.15, -0.1) is 23.1 Å². The third-order valence-corrected chi connectivity index (χ3v) is 7.52. The molecule has 1 saturated heterocycles. The fourth-order valence-electron chi connectivity index (χ4n) is 3.71. The average Bonchev–Trinajstić information content (AvgIpc) is 3.36. The predicted molar refractivity (Wildman–Crippen MR) is 127 cm³/mol. The molecule has 2 aliphatic heterocycles. The molecule has 2 amide bonds. The number of carbonyl (C=O) groups is 3. The minimum atomic E-state index is -1.22. The van der Waals surface area contributed by atoms with Crippen LogP contribution in [-0.4, -0.2) is 54.8 Å². The Labute approximate surface area is 205 Å². The molecule has 2 N–H and O–H groups in total. The monoisotopic (exact) mass is 516 g/mol. The number of aliphatic carboxylic acids is 1. The molecule has 180 valence electrons. The highest BCUT2D eigenvalue weighted by Crippen LogP contribution is 2.38. The van der Waals surface area contributed by atoms with Gasteiger partial charge in [0.2, 0.25) is 5.91 Å². The van der Waals surface area contributed by atoms with Crippen LogP contribution in [-0.2, 0) is 14.4 Å². The van der Waals surface area contributed by atoms with Crippen LogP contribution >= 0.6 is 23.1 Å². The molecule has 0 bridgehead atoms. The summed E-state index contributed by atoms with van der Waals surface area (Å²) in [6.07, 6.45) is 4.20. The van der Waals surface area contributed by atoms with E-state index in [1.54, 1.807) is 17.5 Å². The Hall–Kier alpha value is -4.04. The number of nitrogens with zero attached hydrogens (tertiary/aromatic N) is 3. The first-order valence-corrected chi connectivity index (χ1v) is 11.9. The number of nitro groups is 2. The number of benzene rings is 1. The summed E-state index contributed by atoms with van der Waals surface area (Å²) in [6, 6.07) is 5.69. The Bertz CT molecular complexity index is 1290. The molecule has 0 saturated carbocycles. The summed E-state index contributed by atoms with van der Waals surface area (Å²) in [6.45, 7) is 0. The molecule has 12 nitrogen and oxygen atoms in total. The lowest BCUT2D eigenvalue weighted by Crippen LogP contribution is -2.70. The van der Waals surface area contributed by atoms with Gasteiger partial charge in [-0.05, 0) is 23.6 Å². The van der Waals surface area contributed by atoms with E-state index in [1.807, 2.05) is 0 Å². The van der Waals surface area contributed by atoms with Gasteiger partial charge in [-0.1, -0.05) is 18.2 Å². The molecule has 1 fully saturated rings. The zero-order valence-corrected chi connectivity index (χ0v) is 19.2. The number of β-lactam (4-membered cyclic amide) rings is 1. The van der Waals surface area contributed by atoms with E-state index in [-0.39, 0.29) is 11.3 Å². The van der Waals surface area contributed by atoms with Crippen molar-refractivity contribution in [2.75, 3.05) is 5.75 Å². The van der Waals surface area contributed by atoms with E-state index in [0.29, 0.717) is 10.6 Å². The van der Waals surface area contributed by atoms with Gasteiger partial charge in [0.05, 0.1) is 27.4 Å². The number of carbonyl (C=O) groups excluding carboxylic acids is 2. The Morgan fingerprint density at radius 3 is 2.63 bits per heavy atom. The summed E-state index contributed by atoms with van der Waals surface area (Å²) in [5, 5.41) is 35.5. The van der Waals surface area contributed by atoms with Crippen molar-refractivity contribution >= 4 is 58.3 Å². The molecule has 35 heavy (non-hydrogen) atoms. The molecule has 0 unspecified atom stereocenters. The second-order valence-electron chi connectivity index (χ2n) is 7.42. The van der Waals surface area contributed by atoms with E-state index in [2.05, 4.69) is 5.32 Å². The normalized spacial score (nSPS) is 19.9. The maximum absolute atomic E-state index is 13.2. The highest BCUT2D eigenvalue weighted by molar-refractivity contribution is 8.00. The zero-order valence-electron chi connectivity index (χ0n) is 17.6. The number of nitrogens with one attached hydrogen (secondary N) is 1. The Balaban J connectivity index is 1.57. The molecule has 3 heterocycles. The third-order valence-electron chi connectivity index (χ3n) is 5.39. The third kappa shape index (κ3) is 4.65. The van der Waals surface area contributed by atoms with Gasteiger partial charge < -0.3 is 10.4 Å². The first kappa shape index (κ1) is 24.1. The summed E-state index contributed by atoms with van der Waals surface area (Å²) < 4.78 is 0. The van der Waals surface area contributed by atoms with Gasteiger partial charge in [0.25, 0.3) is 17.3 Å². The topological polar surface area (TPSA) is 173 Å². The van der Waals surface area contributed by atoms with Crippen molar-refractivity contribution in [2.45, 2.75) is 17.3 Å². The van der Waals surface area contributed by atoms with Crippen LogP contribution in [0.5, 0.6) is 0 Å². The lowest BCUT2D eigenvalue weighted by Gasteiger charge is -2.48. The summed E-state index contributed by atoms with van der Waals surface area (Å²) in [5.74, 6) is -2.84. The van der Waals surface area contributed by atoms with E-state index in [9.17, 15) is 39.7 Å². The molecular formula is C21H16N4O8S2. The van der Waals surface area contributed by atoms with Crippen molar-refractivity contribution in [1.82, 2.24) is 10.2 Å². The second-order valence-corrected chi connectivity index (χ2v) is 9.55. The minimum Gasteiger partial charge on any atom is -0.477 e. The molecule has 1 aromatic heterocycles. The molecule has 2 aliphatic rings. The Kier molecular flexibility index (Phi) is 6.66. The van der Waals surface area contributed by atoms with Crippen molar-refractivity contribution in [3.63, 3.8) is 0 Å². The highest BCUT2D eigenvalue weighted by Gasteiger charge is 2.53. The molecule has 0 aliphatic carbocycles. The Morgan fingerprint density at radius 1 is 1.23 bits per heavy atom. The van der Waals surface area contributed by atoms with E-state index >= 15 is 0 Å². The SMILES string of the molecule is O=C(O)C1=CCS[C@@H]2[C@H](NC(=O)[C@H](/C=C/c3ccc([N+](=O)[O-])cc3[N+](=O)[O-])c3cccs3)C(=O)N12. The number of nitro benzene ring substituents is 2. The van der Waals surface area contributed by atoms with Gasteiger partial charge >= 0.3 is 5.97 Å². The van der Waals surface area contributed by atoms with Crippen LogP contribution in [0.2, 0.25) is 0 Å². The molecule has 0 spiro atoms. The number of fused-ring (bicyclic) bond motifs is 1. The van der Waals surface area contributed by atoms with Gasteiger partial charge in [0.1, 0.15) is 17.1 Å². The zero-order chi connectivity index (χ0) is 25.3. The summed E-state index contributed by atoms with van der Waals surface area (Å²) in [7, 11) is 0. The number of carboxylic acids is 1. The van der Waals surface area contributed by atoms with Crippen LogP contribution < -0.4 is 5.32 Å². The van der Waals surface area contributed by atoms with Gasteiger partial charge in [-0.3, -0.25) is 34.7 Å². The maximum atomic E-state index is 13.2. The number of non-ortho nitro benzene ring substituents is 1. The molecule has 3 atom stereocenters. The lowest BCUT2D eigenvalue weighted by molar-refractivity contribution is -0.394. The van der Waals surface area contributed by atoms with Gasteiger partial charge in [-0.25, -0.2) is 4.79 Å². The van der Waals surface area contributed by atoms with Crippen molar-refractivity contribution < 1.29 is 29.3 Å².